The maximum Gasteiger partial charge on any atom is 0.119 e. The molecule has 0 radical (unpaired) electrons. The van der Waals surface area contributed by atoms with Crippen LogP contribution in [-0.4, -0.2) is 20.2 Å². The molecule has 0 amide bonds. The smallest absolute Gasteiger partial charge is 0.119 e. The predicted molar refractivity (Wildman–Crippen MR) is 87.4 cm³/mol. The number of methoxy groups -OCH3 is 1. The Morgan fingerprint density at radius 2 is 2.00 bits per heavy atom. The quantitative estimate of drug-likeness (QED) is 0.765. The molecule has 0 aliphatic rings. The summed E-state index contributed by atoms with van der Waals surface area (Å²) < 4.78 is 5.32. The average molecular weight is 277 g/mol. The second-order valence-electron chi connectivity index (χ2n) is 6.83. The summed E-state index contributed by atoms with van der Waals surface area (Å²) >= 11 is 0. The lowest BCUT2D eigenvalue weighted by atomic mass is 9.84. The maximum atomic E-state index is 5.32. The third-order valence-electron chi connectivity index (χ3n) is 3.64. The minimum atomic E-state index is 0.416. The van der Waals surface area contributed by atoms with E-state index in [4.69, 9.17) is 4.74 Å². The Kier molecular flexibility index (Phi) is 7.08. The number of hydrogen-bond donors (Lipinski definition) is 1. The van der Waals surface area contributed by atoms with Gasteiger partial charge in [0.1, 0.15) is 5.75 Å². The van der Waals surface area contributed by atoms with Crippen LogP contribution in [-0.2, 0) is 6.42 Å². The standard InChI is InChI=1S/C18H31NO/c1-6-19-14-16(10-11-18(2,3)4)12-15-8-7-9-17(13-15)20-5/h7-9,13,16,19H,6,10-12,14H2,1-5H3. The fourth-order valence-electron chi connectivity index (χ4n) is 2.39. The molecule has 0 bridgehead atoms. The van der Waals surface area contributed by atoms with Gasteiger partial charge in [-0.1, -0.05) is 39.8 Å². The van der Waals surface area contributed by atoms with Crippen LogP contribution in [0.5, 0.6) is 5.75 Å². The van der Waals surface area contributed by atoms with Crippen molar-refractivity contribution in [1.29, 1.82) is 0 Å². The summed E-state index contributed by atoms with van der Waals surface area (Å²) in [7, 11) is 1.73. The Morgan fingerprint density at radius 1 is 1.25 bits per heavy atom. The molecule has 0 saturated carbocycles. The van der Waals surface area contributed by atoms with Crippen LogP contribution in [0.3, 0.4) is 0 Å². The molecular weight excluding hydrogens is 246 g/mol. The van der Waals surface area contributed by atoms with Gasteiger partial charge < -0.3 is 10.1 Å². The first-order valence-corrected chi connectivity index (χ1v) is 7.78. The number of hydrogen-bond acceptors (Lipinski definition) is 2. The minimum Gasteiger partial charge on any atom is -0.497 e. The van der Waals surface area contributed by atoms with Gasteiger partial charge in [-0.2, -0.15) is 0 Å². The molecule has 2 nitrogen and oxygen atoms in total. The highest BCUT2D eigenvalue weighted by Gasteiger charge is 2.16. The predicted octanol–water partition coefficient (Wildman–Crippen LogP) is 4.29. The van der Waals surface area contributed by atoms with E-state index < -0.39 is 0 Å². The monoisotopic (exact) mass is 277 g/mol. The molecular formula is C18H31NO. The Balaban J connectivity index is 2.62. The van der Waals surface area contributed by atoms with E-state index in [0.717, 1.165) is 25.3 Å². The normalized spacial score (nSPS) is 13.2. The van der Waals surface area contributed by atoms with Crippen molar-refractivity contribution in [2.24, 2.45) is 11.3 Å². The van der Waals surface area contributed by atoms with Crippen molar-refractivity contribution in [2.75, 3.05) is 20.2 Å². The van der Waals surface area contributed by atoms with Crippen molar-refractivity contribution in [2.45, 2.75) is 47.0 Å². The Hall–Kier alpha value is -1.02. The lowest BCUT2D eigenvalue weighted by Crippen LogP contribution is -2.25. The van der Waals surface area contributed by atoms with E-state index in [1.54, 1.807) is 7.11 Å². The van der Waals surface area contributed by atoms with Crippen molar-refractivity contribution in [3.05, 3.63) is 29.8 Å². The van der Waals surface area contributed by atoms with Gasteiger partial charge in [-0.05, 0) is 61.4 Å². The molecule has 1 rings (SSSR count). The lowest BCUT2D eigenvalue weighted by Gasteiger charge is -2.23. The van der Waals surface area contributed by atoms with E-state index in [2.05, 4.69) is 51.2 Å². The zero-order valence-electron chi connectivity index (χ0n) is 13.8. The van der Waals surface area contributed by atoms with Crippen molar-refractivity contribution in [3.63, 3.8) is 0 Å². The number of nitrogens with one attached hydrogen (secondary N) is 1. The van der Waals surface area contributed by atoms with E-state index in [-0.39, 0.29) is 0 Å². The van der Waals surface area contributed by atoms with Crippen LogP contribution >= 0.6 is 0 Å². The molecule has 0 spiro atoms. The van der Waals surface area contributed by atoms with Crippen LogP contribution in [0.25, 0.3) is 0 Å². The molecule has 1 aromatic carbocycles. The van der Waals surface area contributed by atoms with Gasteiger partial charge in [0, 0.05) is 0 Å². The van der Waals surface area contributed by atoms with E-state index in [0.29, 0.717) is 11.3 Å². The Labute approximate surface area is 124 Å². The topological polar surface area (TPSA) is 21.3 Å². The minimum absolute atomic E-state index is 0.416. The highest BCUT2D eigenvalue weighted by Crippen LogP contribution is 2.26. The second kappa shape index (κ2) is 8.31. The van der Waals surface area contributed by atoms with Crippen LogP contribution in [0.1, 0.15) is 46.1 Å². The van der Waals surface area contributed by atoms with Gasteiger partial charge >= 0.3 is 0 Å². The van der Waals surface area contributed by atoms with E-state index in [1.807, 2.05) is 6.07 Å². The summed E-state index contributed by atoms with van der Waals surface area (Å²) in [4.78, 5) is 0. The summed E-state index contributed by atoms with van der Waals surface area (Å²) in [6.45, 7) is 11.3. The van der Waals surface area contributed by atoms with Crippen molar-refractivity contribution >= 4 is 0 Å². The summed E-state index contributed by atoms with van der Waals surface area (Å²) in [6.07, 6.45) is 3.67. The fourth-order valence-corrected chi connectivity index (χ4v) is 2.39. The zero-order chi connectivity index (χ0) is 15.0. The number of benzene rings is 1. The van der Waals surface area contributed by atoms with Crippen LogP contribution in [0.15, 0.2) is 24.3 Å². The number of ether oxygens (including phenoxy) is 1. The molecule has 0 aliphatic heterocycles. The highest BCUT2D eigenvalue weighted by atomic mass is 16.5. The van der Waals surface area contributed by atoms with Crippen LogP contribution < -0.4 is 10.1 Å². The van der Waals surface area contributed by atoms with Gasteiger partial charge in [0.2, 0.25) is 0 Å². The van der Waals surface area contributed by atoms with Gasteiger partial charge in [-0.3, -0.25) is 0 Å². The largest absolute Gasteiger partial charge is 0.497 e. The molecule has 1 N–H and O–H groups in total. The van der Waals surface area contributed by atoms with Crippen LogP contribution in [0, 0.1) is 11.3 Å². The van der Waals surface area contributed by atoms with E-state index in [9.17, 15) is 0 Å². The molecule has 1 unspecified atom stereocenters. The van der Waals surface area contributed by atoms with E-state index >= 15 is 0 Å². The second-order valence-corrected chi connectivity index (χ2v) is 6.83. The SMILES string of the molecule is CCNCC(CCC(C)(C)C)Cc1cccc(OC)c1. The van der Waals surface area contributed by atoms with E-state index in [1.165, 1.54) is 18.4 Å². The van der Waals surface area contributed by atoms with Crippen LogP contribution in [0.2, 0.25) is 0 Å². The van der Waals surface area contributed by atoms with Crippen molar-refractivity contribution in [1.82, 2.24) is 5.32 Å². The van der Waals surface area contributed by atoms with Gasteiger partial charge in [-0.25, -0.2) is 0 Å². The lowest BCUT2D eigenvalue weighted by molar-refractivity contribution is 0.314. The molecule has 2 heteroatoms. The van der Waals surface area contributed by atoms with Crippen LogP contribution in [0.4, 0.5) is 0 Å². The summed E-state index contributed by atoms with van der Waals surface area (Å²) in [5.41, 5.74) is 1.79. The molecule has 114 valence electrons. The first-order chi connectivity index (χ1) is 9.44. The van der Waals surface area contributed by atoms with Gasteiger partial charge in [0.15, 0.2) is 0 Å². The summed E-state index contributed by atoms with van der Waals surface area (Å²) in [5.74, 6) is 1.65. The first-order valence-electron chi connectivity index (χ1n) is 7.78. The summed E-state index contributed by atoms with van der Waals surface area (Å²) in [6, 6.07) is 8.47. The molecule has 0 aromatic heterocycles. The molecule has 20 heavy (non-hydrogen) atoms. The first kappa shape index (κ1) is 17.0. The zero-order valence-corrected chi connectivity index (χ0v) is 13.8. The molecule has 1 aromatic rings. The van der Waals surface area contributed by atoms with Crippen molar-refractivity contribution in [3.8, 4) is 5.75 Å². The van der Waals surface area contributed by atoms with Crippen molar-refractivity contribution < 1.29 is 4.74 Å². The average Bonchev–Trinajstić information content (AvgIpc) is 2.41. The Morgan fingerprint density at radius 3 is 2.60 bits per heavy atom. The van der Waals surface area contributed by atoms with Gasteiger partial charge in [0.05, 0.1) is 7.11 Å². The highest BCUT2D eigenvalue weighted by molar-refractivity contribution is 5.28. The number of rotatable bonds is 8. The Bertz CT molecular complexity index is 381. The molecule has 1 atom stereocenters. The molecule has 0 heterocycles. The molecule has 0 aliphatic carbocycles. The third kappa shape index (κ3) is 6.95. The van der Waals surface area contributed by atoms with Gasteiger partial charge in [-0.15, -0.1) is 0 Å². The molecule has 0 fully saturated rings. The fraction of sp³-hybridized carbons (Fsp3) is 0.667. The van der Waals surface area contributed by atoms with Gasteiger partial charge in [0.25, 0.3) is 0 Å². The summed E-state index contributed by atoms with van der Waals surface area (Å²) in [5, 5.41) is 3.50. The molecule has 0 saturated heterocycles. The maximum absolute atomic E-state index is 5.32. The third-order valence-corrected chi connectivity index (χ3v) is 3.64.